The quantitative estimate of drug-likeness (QED) is 0.336. The molecule has 0 atom stereocenters. The third kappa shape index (κ3) is 4.30. The summed E-state index contributed by atoms with van der Waals surface area (Å²) in [5, 5.41) is 8.15. The predicted octanol–water partition coefficient (Wildman–Crippen LogP) is 3.44. The van der Waals surface area contributed by atoms with E-state index in [9.17, 15) is 0 Å². The van der Waals surface area contributed by atoms with Crippen molar-refractivity contribution < 1.29 is 4.74 Å². The third-order valence-corrected chi connectivity index (χ3v) is 5.27. The number of benzene rings is 2. The number of H-pyrrole nitrogens is 1. The lowest BCUT2D eigenvalue weighted by molar-refractivity contribution is 0.357. The number of nitrogens with zero attached hydrogens (tertiary/aromatic N) is 1. The molecule has 3 N–H and O–H groups in total. The van der Waals surface area contributed by atoms with Crippen LogP contribution in [0.25, 0.3) is 10.9 Å². The van der Waals surface area contributed by atoms with E-state index >= 15 is 0 Å². The molecule has 4 rings (SSSR count). The molecule has 146 valence electrons. The lowest BCUT2D eigenvalue weighted by Crippen LogP contribution is -2.38. The molecule has 0 unspecified atom stereocenters. The summed E-state index contributed by atoms with van der Waals surface area (Å²) < 4.78 is 5.57. The van der Waals surface area contributed by atoms with Crippen LogP contribution >= 0.6 is 0 Å². The van der Waals surface area contributed by atoms with Crippen molar-refractivity contribution in [3.05, 3.63) is 65.4 Å². The number of rotatable bonds is 7. The van der Waals surface area contributed by atoms with E-state index in [1.165, 1.54) is 27.6 Å². The Morgan fingerprint density at radius 3 is 2.93 bits per heavy atom. The van der Waals surface area contributed by atoms with Crippen LogP contribution in [0.3, 0.4) is 0 Å². The fourth-order valence-corrected chi connectivity index (χ4v) is 3.77. The minimum atomic E-state index is 0.812. The Bertz CT molecular complexity index is 960. The van der Waals surface area contributed by atoms with Gasteiger partial charge in [-0.1, -0.05) is 30.3 Å². The van der Waals surface area contributed by atoms with E-state index in [1.54, 1.807) is 0 Å². The van der Waals surface area contributed by atoms with Crippen molar-refractivity contribution in [2.24, 2.45) is 4.99 Å². The molecule has 0 aliphatic carbocycles. The van der Waals surface area contributed by atoms with Crippen LogP contribution in [-0.2, 0) is 19.3 Å². The van der Waals surface area contributed by atoms with E-state index in [-0.39, 0.29) is 0 Å². The van der Waals surface area contributed by atoms with Gasteiger partial charge in [-0.15, -0.1) is 0 Å². The number of aromatic nitrogens is 1. The normalized spacial score (nSPS) is 13.4. The highest BCUT2D eigenvalue weighted by Gasteiger charge is 2.11. The first-order valence-electron chi connectivity index (χ1n) is 10.1. The van der Waals surface area contributed by atoms with Crippen LogP contribution in [0, 0.1) is 0 Å². The first-order chi connectivity index (χ1) is 13.8. The number of aromatic amines is 1. The molecule has 0 saturated heterocycles. The zero-order chi connectivity index (χ0) is 19.2. The van der Waals surface area contributed by atoms with Gasteiger partial charge < -0.3 is 20.4 Å². The highest BCUT2D eigenvalue weighted by atomic mass is 16.5. The summed E-state index contributed by atoms with van der Waals surface area (Å²) in [5.74, 6) is 1.91. The summed E-state index contributed by atoms with van der Waals surface area (Å²) in [7, 11) is 1.82. The molecule has 2 aromatic carbocycles. The third-order valence-electron chi connectivity index (χ3n) is 5.27. The highest BCUT2D eigenvalue weighted by Crippen LogP contribution is 2.25. The van der Waals surface area contributed by atoms with Gasteiger partial charge in [0.05, 0.1) is 6.61 Å². The number of fused-ring (bicyclic) bond motifs is 2. The Balaban J connectivity index is 1.19. The fourth-order valence-electron chi connectivity index (χ4n) is 3.77. The Morgan fingerprint density at radius 2 is 2.00 bits per heavy atom. The number of hydrogen-bond donors (Lipinski definition) is 3. The van der Waals surface area contributed by atoms with E-state index in [4.69, 9.17) is 4.74 Å². The maximum atomic E-state index is 5.57. The minimum absolute atomic E-state index is 0.812. The smallest absolute Gasteiger partial charge is 0.190 e. The number of nitrogens with one attached hydrogen (secondary N) is 3. The van der Waals surface area contributed by atoms with E-state index in [1.807, 2.05) is 7.05 Å². The molecule has 5 heteroatoms. The van der Waals surface area contributed by atoms with Gasteiger partial charge in [0.2, 0.25) is 0 Å². The molecule has 2 heterocycles. The van der Waals surface area contributed by atoms with Crippen molar-refractivity contribution in [3.63, 3.8) is 0 Å². The summed E-state index contributed by atoms with van der Waals surface area (Å²) in [6.07, 6.45) is 6.23. The Hall–Kier alpha value is -2.95. The molecule has 3 aromatic rings. The van der Waals surface area contributed by atoms with Gasteiger partial charge in [0.25, 0.3) is 0 Å². The number of aryl methyl sites for hydroxylation is 1. The summed E-state index contributed by atoms with van der Waals surface area (Å²) in [6.45, 7) is 2.57. The van der Waals surface area contributed by atoms with Gasteiger partial charge >= 0.3 is 0 Å². The van der Waals surface area contributed by atoms with Crippen LogP contribution in [0.5, 0.6) is 5.75 Å². The molecule has 0 amide bonds. The van der Waals surface area contributed by atoms with Crippen molar-refractivity contribution in [3.8, 4) is 5.75 Å². The average Bonchev–Trinajstić information content (AvgIpc) is 3.36. The van der Waals surface area contributed by atoms with E-state index in [2.05, 4.69) is 69.3 Å². The van der Waals surface area contributed by atoms with E-state index in [0.717, 1.165) is 57.1 Å². The molecule has 0 saturated carbocycles. The van der Waals surface area contributed by atoms with Gasteiger partial charge in [0.15, 0.2) is 5.96 Å². The first kappa shape index (κ1) is 18.4. The fraction of sp³-hybridized carbons (Fsp3) is 0.348. The second-order valence-corrected chi connectivity index (χ2v) is 7.18. The summed E-state index contributed by atoms with van der Waals surface area (Å²) >= 11 is 0. The standard InChI is InChI=1S/C23H28N4O/c1-24-23(26-13-10-17-8-9-22-18(15-17)11-14-28-22)25-12-4-5-19-16-27-21-7-3-2-6-20(19)21/h2-3,6-9,15-16,27H,4-5,10-14H2,1H3,(H2,24,25,26). The molecule has 0 spiro atoms. The highest BCUT2D eigenvalue weighted by molar-refractivity contribution is 5.83. The SMILES string of the molecule is CN=C(NCCCc1c[nH]c2ccccc12)NCCc1ccc2c(c1)CCO2. The zero-order valence-electron chi connectivity index (χ0n) is 16.4. The Morgan fingerprint density at radius 1 is 1.11 bits per heavy atom. The lowest BCUT2D eigenvalue weighted by Gasteiger charge is -2.12. The topological polar surface area (TPSA) is 61.4 Å². The van der Waals surface area contributed by atoms with Crippen LogP contribution in [0.1, 0.15) is 23.1 Å². The van der Waals surface area contributed by atoms with Gasteiger partial charge in [-0.25, -0.2) is 0 Å². The summed E-state index contributed by atoms with van der Waals surface area (Å²) in [6, 6.07) is 15.0. The van der Waals surface area contributed by atoms with Crippen molar-refractivity contribution in [1.82, 2.24) is 15.6 Å². The van der Waals surface area contributed by atoms with Gasteiger partial charge in [0.1, 0.15) is 5.75 Å². The maximum Gasteiger partial charge on any atom is 0.190 e. The van der Waals surface area contributed by atoms with Gasteiger partial charge in [-0.05, 0) is 48.1 Å². The van der Waals surface area contributed by atoms with Crippen LogP contribution in [0.2, 0.25) is 0 Å². The number of ether oxygens (including phenoxy) is 1. The largest absolute Gasteiger partial charge is 0.493 e. The van der Waals surface area contributed by atoms with Crippen molar-refractivity contribution in [2.45, 2.75) is 25.7 Å². The molecule has 1 aliphatic heterocycles. The van der Waals surface area contributed by atoms with Crippen LogP contribution in [0.15, 0.2) is 53.7 Å². The molecule has 1 aliphatic rings. The second kappa shape index (κ2) is 8.83. The van der Waals surface area contributed by atoms with E-state index in [0.29, 0.717) is 0 Å². The summed E-state index contributed by atoms with van der Waals surface area (Å²) in [5.41, 5.74) is 5.26. The van der Waals surface area contributed by atoms with Crippen molar-refractivity contribution in [1.29, 1.82) is 0 Å². The number of para-hydroxylation sites is 1. The number of guanidine groups is 1. The van der Waals surface area contributed by atoms with Gasteiger partial charge in [-0.2, -0.15) is 0 Å². The molecular formula is C23H28N4O. The van der Waals surface area contributed by atoms with Crippen LogP contribution in [0.4, 0.5) is 0 Å². The molecule has 0 radical (unpaired) electrons. The minimum Gasteiger partial charge on any atom is -0.493 e. The molecule has 28 heavy (non-hydrogen) atoms. The molecule has 1 aromatic heterocycles. The Kier molecular flexibility index (Phi) is 5.80. The van der Waals surface area contributed by atoms with Gasteiger partial charge in [-0.3, -0.25) is 4.99 Å². The van der Waals surface area contributed by atoms with E-state index < -0.39 is 0 Å². The molecule has 0 fully saturated rings. The zero-order valence-corrected chi connectivity index (χ0v) is 16.4. The lowest BCUT2D eigenvalue weighted by atomic mass is 10.1. The van der Waals surface area contributed by atoms with Crippen LogP contribution in [-0.4, -0.2) is 37.7 Å². The molecular weight excluding hydrogens is 348 g/mol. The number of hydrogen-bond acceptors (Lipinski definition) is 2. The Labute approximate surface area is 166 Å². The predicted molar refractivity (Wildman–Crippen MR) is 115 cm³/mol. The maximum absolute atomic E-state index is 5.57. The average molecular weight is 377 g/mol. The second-order valence-electron chi connectivity index (χ2n) is 7.18. The first-order valence-corrected chi connectivity index (χ1v) is 10.1. The summed E-state index contributed by atoms with van der Waals surface area (Å²) in [4.78, 5) is 7.67. The monoisotopic (exact) mass is 376 g/mol. The molecule has 5 nitrogen and oxygen atoms in total. The molecule has 0 bridgehead atoms. The number of aliphatic imine (C=N–C) groups is 1. The van der Waals surface area contributed by atoms with Gasteiger partial charge in [0, 0.05) is 43.7 Å². The van der Waals surface area contributed by atoms with Crippen LogP contribution < -0.4 is 15.4 Å². The van der Waals surface area contributed by atoms with Crippen molar-refractivity contribution in [2.75, 3.05) is 26.7 Å². The van der Waals surface area contributed by atoms with Crippen molar-refractivity contribution >= 4 is 16.9 Å².